The zero-order chi connectivity index (χ0) is 20.7. The molecule has 0 atom stereocenters. The molecule has 30 heavy (non-hydrogen) atoms. The summed E-state index contributed by atoms with van der Waals surface area (Å²) in [5, 5.41) is 22.9. The molecule has 2 heterocycles. The van der Waals surface area contributed by atoms with Gasteiger partial charge in [-0.05, 0) is 48.2 Å². The van der Waals surface area contributed by atoms with Gasteiger partial charge in [-0.3, -0.25) is 19.7 Å². The first-order valence-electron chi connectivity index (χ1n) is 8.62. The molecular weight excluding hydrogens is 483 g/mol. The number of nitro benzene ring substituents is 1. The number of non-ortho nitro benzene ring substituents is 1. The molecular formula is C20H27N4O5Pd-. The van der Waals surface area contributed by atoms with Crippen molar-refractivity contribution in [2.24, 2.45) is 0 Å². The zero-order valence-corrected chi connectivity index (χ0v) is 18.3. The standard InChI is InChI=1S/C9H8N2O3.C9H10N2O.CH4O.CH3.Pd.H2/c12-9-4-1-6-5-7(11(13)14)2-3-8(6)10-9;10-7-2-3-8-6(5-7)1-4-9(12)11-8;1-2;;;/h2-3,5H,1,4H2,(H,10,12);2-3,5H,1,4,10H2,(H,11,12);2H,1H3;1H3;;1H/q;;;-1;;. The van der Waals surface area contributed by atoms with Gasteiger partial charge in [0, 0.05) is 71.0 Å². The Hall–Kier alpha value is -2.80. The normalized spacial score (nSPS) is 13.0. The van der Waals surface area contributed by atoms with E-state index in [1.165, 1.54) is 12.1 Å². The van der Waals surface area contributed by atoms with E-state index >= 15 is 0 Å². The molecule has 0 aliphatic carbocycles. The van der Waals surface area contributed by atoms with Crippen LogP contribution in [0.2, 0.25) is 0 Å². The summed E-state index contributed by atoms with van der Waals surface area (Å²) in [6.45, 7) is 0. The average Bonchev–Trinajstić information content (AvgIpc) is 2.69. The number of nitro groups is 1. The summed E-state index contributed by atoms with van der Waals surface area (Å²) in [5.41, 5.74) is 9.98. The van der Waals surface area contributed by atoms with Crippen LogP contribution < -0.4 is 16.4 Å². The van der Waals surface area contributed by atoms with Gasteiger partial charge in [0.05, 0.1) is 4.92 Å². The minimum absolute atomic E-state index is 0. The second-order valence-corrected chi connectivity index (χ2v) is 6.11. The van der Waals surface area contributed by atoms with Crippen molar-refractivity contribution >= 4 is 34.6 Å². The van der Waals surface area contributed by atoms with Gasteiger partial charge >= 0.3 is 0 Å². The van der Waals surface area contributed by atoms with Crippen molar-refractivity contribution in [1.29, 1.82) is 0 Å². The molecule has 0 radical (unpaired) electrons. The molecule has 2 amide bonds. The van der Waals surface area contributed by atoms with Gasteiger partial charge in [0.25, 0.3) is 5.69 Å². The van der Waals surface area contributed by atoms with Gasteiger partial charge in [-0.15, -0.1) is 0 Å². The summed E-state index contributed by atoms with van der Waals surface area (Å²) >= 11 is 0. The Morgan fingerprint density at radius 1 is 0.933 bits per heavy atom. The van der Waals surface area contributed by atoms with E-state index in [1.807, 2.05) is 12.1 Å². The van der Waals surface area contributed by atoms with Crippen LogP contribution in [-0.2, 0) is 42.9 Å². The molecule has 4 rings (SSSR count). The molecule has 2 aliphatic rings. The van der Waals surface area contributed by atoms with E-state index in [1.54, 1.807) is 12.1 Å². The molecule has 5 N–H and O–H groups in total. The van der Waals surface area contributed by atoms with E-state index in [-0.39, 0.29) is 46.8 Å². The maximum atomic E-state index is 11.0. The Morgan fingerprint density at radius 3 is 1.90 bits per heavy atom. The number of carbonyl (C=O) groups is 2. The van der Waals surface area contributed by atoms with Crippen LogP contribution in [-0.4, -0.2) is 29.0 Å². The molecule has 168 valence electrons. The number of hydrogen-bond acceptors (Lipinski definition) is 6. The van der Waals surface area contributed by atoms with Crippen LogP contribution in [0.1, 0.15) is 25.4 Å². The number of aryl methyl sites for hydroxylation is 2. The molecule has 0 saturated heterocycles. The first-order chi connectivity index (χ1) is 13.4. The summed E-state index contributed by atoms with van der Waals surface area (Å²) in [6.07, 6.45) is 2.33. The summed E-state index contributed by atoms with van der Waals surface area (Å²) in [4.78, 5) is 32.0. The number of carbonyl (C=O) groups excluding carboxylic acids is 2. The minimum Gasteiger partial charge on any atom is -0.400 e. The molecule has 0 unspecified atom stereocenters. The molecule has 9 nitrogen and oxygen atoms in total. The number of aliphatic hydroxyl groups is 1. The molecule has 0 bridgehead atoms. The van der Waals surface area contributed by atoms with Gasteiger partial charge in [0.15, 0.2) is 0 Å². The number of nitrogens with zero attached hydrogens (tertiary/aromatic N) is 1. The van der Waals surface area contributed by atoms with Gasteiger partial charge in [-0.1, -0.05) is 0 Å². The first-order valence-corrected chi connectivity index (χ1v) is 8.62. The van der Waals surface area contributed by atoms with Crippen molar-refractivity contribution in [1.82, 2.24) is 0 Å². The summed E-state index contributed by atoms with van der Waals surface area (Å²) in [6, 6.07) is 10.0. The number of hydrogen-bond donors (Lipinski definition) is 4. The van der Waals surface area contributed by atoms with Crippen LogP contribution in [0, 0.1) is 17.5 Å². The second kappa shape index (κ2) is 12.7. The number of nitrogens with two attached hydrogens (primary N) is 1. The Morgan fingerprint density at radius 2 is 1.40 bits per heavy atom. The van der Waals surface area contributed by atoms with E-state index in [0.717, 1.165) is 36.0 Å². The zero-order valence-electron chi connectivity index (χ0n) is 16.7. The number of amides is 2. The number of rotatable bonds is 1. The van der Waals surface area contributed by atoms with Gasteiger partial charge in [0.1, 0.15) is 0 Å². The number of benzene rings is 2. The Bertz CT molecular complexity index is 911. The predicted octanol–water partition coefficient (Wildman–Crippen LogP) is 2.94. The van der Waals surface area contributed by atoms with Crippen molar-refractivity contribution in [3.63, 3.8) is 0 Å². The molecule has 0 aromatic heterocycles. The van der Waals surface area contributed by atoms with E-state index in [4.69, 9.17) is 10.8 Å². The van der Waals surface area contributed by atoms with Crippen LogP contribution in [0.25, 0.3) is 0 Å². The maximum absolute atomic E-state index is 11.0. The third-order valence-electron chi connectivity index (χ3n) is 4.22. The van der Waals surface area contributed by atoms with Crippen LogP contribution in [0.5, 0.6) is 0 Å². The van der Waals surface area contributed by atoms with E-state index in [2.05, 4.69) is 10.6 Å². The van der Waals surface area contributed by atoms with Crippen molar-refractivity contribution in [2.75, 3.05) is 23.5 Å². The minimum atomic E-state index is -0.434. The fraction of sp³-hybridized carbons (Fsp3) is 0.250. The maximum Gasteiger partial charge on any atom is 0.269 e. The van der Waals surface area contributed by atoms with Gasteiger partial charge < -0.3 is 28.9 Å². The molecule has 0 saturated carbocycles. The number of nitrogens with one attached hydrogen (secondary N) is 2. The third-order valence-corrected chi connectivity index (χ3v) is 4.22. The third kappa shape index (κ3) is 7.22. The molecule has 2 aromatic carbocycles. The van der Waals surface area contributed by atoms with E-state index < -0.39 is 4.92 Å². The van der Waals surface area contributed by atoms with Crippen molar-refractivity contribution in [3.05, 3.63) is 65.1 Å². The van der Waals surface area contributed by atoms with E-state index in [9.17, 15) is 19.7 Å². The van der Waals surface area contributed by atoms with Crippen molar-refractivity contribution in [2.45, 2.75) is 25.7 Å². The van der Waals surface area contributed by atoms with Crippen LogP contribution in [0.3, 0.4) is 0 Å². The summed E-state index contributed by atoms with van der Waals surface area (Å²) in [5.74, 6) is 0.0543. The topological polar surface area (TPSA) is 148 Å². The van der Waals surface area contributed by atoms with Crippen LogP contribution >= 0.6 is 0 Å². The molecule has 0 fully saturated rings. The molecule has 0 spiro atoms. The fourth-order valence-electron chi connectivity index (χ4n) is 2.89. The number of fused-ring (bicyclic) bond motifs is 2. The molecule has 2 aliphatic heterocycles. The van der Waals surface area contributed by atoms with Crippen molar-refractivity contribution < 1.29 is 41.5 Å². The summed E-state index contributed by atoms with van der Waals surface area (Å²) < 4.78 is 0. The van der Waals surface area contributed by atoms with Gasteiger partial charge in [-0.25, -0.2) is 0 Å². The molecule has 10 heteroatoms. The second-order valence-electron chi connectivity index (χ2n) is 6.11. The Labute approximate surface area is 190 Å². The quantitative estimate of drug-likeness (QED) is 0.153. The fourth-order valence-corrected chi connectivity index (χ4v) is 2.89. The van der Waals surface area contributed by atoms with Crippen LogP contribution in [0.15, 0.2) is 36.4 Å². The van der Waals surface area contributed by atoms with Crippen molar-refractivity contribution in [3.8, 4) is 0 Å². The number of anilines is 3. The Kier molecular flexibility index (Phi) is 11.5. The smallest absolute Gasteiger partial charge is 0.269 e. The SMILES string of the molecule is CO.Nc1ccc2c(c1)CCC(=O)N2.O=C1CCc2cc([N+](=O)[O-])ccc2N1.[CH3-].[HH].[Pd]. The monoisotopic (exact) mass is 509 g/mol. The predicted molar refractivity (Wildman–Crippen MR) is 115 cm³/mol. The largest absolute Gasteiger partial charge is 0.400 e. The van der Waals surface area contributed by atoms with E-state index in [0.29, 0.717) is 24.9 Å². The van der Waals surface area contributed by atoms with Gasteiger partial charge in [-0.2, -0.15) is 0 Å². The average molecular weight is 510 g/mol. The first kappa shape index (κ1) is 27.2. The van der Waals surface area contributed by atoms with Gasteiger partial charge in [0.2, 0.25) is 11.8 Å². The number of aliphatic hydroxyl groups excluding tert-OH is 1. The Balaban J connectivity index is 0. The molecule has 2 aromatic rings. The number of nitrogen functional groups attached to an aromatic ring is 1. The van der Waals surface area contributed by atoms with Crippen LogP contribution in [0.4, 0.5) is 22.7 Å². The summed E-state index contributed by atoms with van der Waals surface area (Å²) in [7, 11) is 1.00.